The zero-order chi connectivity index (χ0) is 17.9. The summed E-state index contributed by atoms with van der Waals surface area (Å²) in [4.78, 5) is 9.66. The van der Waals surface area contributed by atoms with Crippen LogP contribution in [0.3, 0.4) is 0 Å². The average Bonchev–Trinajstić information content (AvgIpc) is 3.32. The van der Waals surface area contributed by atoms with Gasteiger partial charge < -0.3 is 4.84 Å². The van der Waals surface area contributed by atoms with E-state index in [1.807, 2.05) is 23.3 Å². The van der Waals surface area contributed by atoms with Gasteiger partial charge in [-0.15, -0.1) is 0 Å². The number of hydrogen-bond donors (Lipinski definition) is 0. The van der Waals surface area contributed by atoms with Crippen molar-refractivity contribution in [3.63, 3.8) is 0 Å². The minimum absolute atomic E-state index is 0.0866. The van der Waals surface area contributed by atoms with Crippen LogP contribution >= 0.6 is 0 Å². The molecule has 0 aliphatic carbocycles. The predicted octanol–water partition coefficient (Wildman–Crippen LogP) is 4.48. The topological polar surface area (TPSA) is 52.3 Å². The Kier molecular flexibility index (Phi) is 4.52. The molecule has 0 N–H and O–H groups in total. The van der Waals surface area contributed by atoms with Gasteiger partial charge in [-0.25, -0.2) is 0 Å². The van der Waals surface area contributed by atoms with Crippen LogP contribution in [0.15, 0.2) is 60.1 Å². The predicted molar refractivity (Wildman–Crippen MR) is 103 cm³/mol. The van der Waals surface area contributed by atoms with Crippen LogP contribution in [0.25, 0.3) is 22.4 Å². The van der Waals surface area contributed by atoms with E-state index < -0.39 is 0 Å². The first-order valence-corrected chi connectivity index (χ1v) is 8.99. The number of aryl methyl sites for hydroxylation is 1. The summed E-state index contributed by atoms with van der Waals surface area (Å²) in [5.74, 6) is 0. The minimum Gasteiger partial charge on any atom is -0.390 e. The van der Waals surface area contributed by atoms with E-state index in [2.05, 4.69) is 60.4 Å². The molecule has 4 rings (SSSR count). The summed E-state index contributed by atoms with van der Waals surface area (Å²) in [6.45, 7) is 4.90. The molecule has 0 saturated heterocycles. The maximum atomic E-state index is 5.49. The number of rotatable bonds is 5. The van der Waals surface area contributed by atoms with Crippen LogP contribution < -0.4 is 0 Å². The average molecular weight is 346 g/mol. The van der Waals surface area contributed by atoms with E-state index in [4.69, 9.17) is 9.94 Å². The maximum Gasteiger partial charge on any atom is 0.152 e. The van der Waals surface area contributed by atoms with Crippen molar-refractivity contribution in [1.82, 2.24) is 14.8 Å². The highest BCUT2D eigenvalue weighted by atomic mass is 16.6. The minimum atomic E-state index is 0.0866. The van der Waals surface area contributed by atoms with E-state index in [1.165, 1.54) is 16.7 Å². The second-order valence-corrected chi connectivity index (χ2v) is 6.64. The van der Waals surface area contributed by atoms with Crippen molar-refractivity contribution in [3.8, 4) is 22.4 Å². The molecule has 0 radical (unpaired) electrons. The molecule has 2 aromatic heterocycles. The van der Waals surface area contributed by atoms with E-state index in [0.717, 1.165) is 36.4 Å². The smallest absolute Gasteiger partial charge is 0.152 e. The van der Waals surface area contributed by atoms with Crippen LogP contribution in [0.5, 0.6) is 0 Å². The van der Waals surface area contributed by atoms with Crippen molar-refractivity contribution in [2.24, 2.45) is 5.16 Å². The number of hydrogen-bond acceptors (Lipinski definition) is 4. The van der Waals surface area contributed by atoms with Gasteiger partial charge in [-0.3, -0.25) is 9.67 Å². The highest BCUT2D eigenvalue weighted by Crippen LogP contribution is 2.27. The summed E-state index contributed by atoms with van der Waals surface area (Å²) in [6, 6.07) is 12.6. The van der Waals surface area contributed by atoms with E-state index in [1.54, 1.807) is 0 Å². The van der Waals surface area contributed by atoms with Gasteiger partial charge in [0.15, 0.2) is 6.10 Å². The number of aromatic nitrogens is 3. The fourth-order valence-corrected chi connectivity index (χ4v) is 3.26. The zero-order valence-electron chi connectivity index (χ0n) is 15.1. The number of oxime groups is 1. The summed E-state index contributed by atoms with van der Waals surface area (Å²) in [5, 5.41) is 8.85. The van der Waals surface area contributed by atoms with Gasteiger partial charge in [0, 0.05) is 30.6 Å². The summed E-state index contributed by atoms with van der Waals surface area (Å²) in [5.41, 5.74) is 6.74. The van der Waals surface area contributed by atoms with Gasteiger partial charge in [0.2, 0.25) is 0 Å². The number of pyridine rings is 1. The SMILES string of the molecule is CCC1=NO[C@@H](Cn2ccc(-c3cccc(-c4ccncc4C)c3)n2)C1. The first kappa shape index (κ1) is 16.5. The van der Waals surface area contributed by atoms with Crippen LogP contribution in [-0.4, -0.2) is 26.6 Å². The monoisotopic (exact) mass is 346 g/mol. The summed E-state index contributed by atoms with van der Waals surface area (Å²) in [6.07, 6.45) is 7.66. The van der Waals surface area contributed by atoms with E-state index >= 15 is 0 Å². The molecule has 3 aromatic rings. The Hall–Kier alpha value is -2.95. The molecule has 1 atom stereocenters. The molecule has 132 valence electrons. The summed E-state index contributed by atoms with van der Waals surface area (Å²) >= 11 is 0. The Bertz CT molecular complexity index is 944. The van der Waals surface area contributed by atoms with E-state index in [-0.39, 0.29) is 6.10 Å². The lowest BCUT2D eigenvalue weighted by Gasteiger charge is -2.08. The largest absolute Gasteiger partial charge is 0.390 e. The van der Waals surface area contributed by atoms with Crippen LogP contribution in [0.2, 0.25) is 0 Å². The molecule has 0 unspecified atom stereocenters. The van der Waals surface area contributed by atoms with Gasteiger partial charge in [-0.05, 0) is 48.2 Å². The quantitative estimate of drug-likeness (QED) is 0.684. The molecule has 0 fully saturated rings. The Balaban J connectivity index is 1.53. The number of nitrogens with zero attached hydrogens (tertiary/aromatic N) is 4. The fraction of sp³-hybridized carbons (Fsp3) is 0.286. The molecule has 0 saturated carbocycles. The molecule has 3 heterocycles. The highest BCUT2D eigenvalue weighted by Gasteiger charge is 2.20. The van der Waals surface area contributed by atoms with Gasteiger partial charge >= 0.3 is 0 Å². The lowest BCUT2D eigenvalue weighted by Crippen LogP contribution is -2.16. The molecule has 0 amide bonds. The zero-order valence-corrected chi connectivity index (χ0v) is 15.1. The molecule has 1 aliphatic heterocycles. The molecule has 1 aliphatic rings. The standard InChI is InChI=1S/C21H22N4O/c1-3-18-12-19(26-24-18)14-25-10-8-21(23-25)17-6-4-5-16(11-17)20-7-9-22-13-15(20)2/h4-11,13,19H,3,12,14H2,1-2H3/t19-/m1/s1. The second-order valence-electron chi connectivity index (χ2n) is 6.64. The molecular formula is C21H22N4O. The molecule has 5 heteroatoms. The van der Waals surface area contributed by atoms with Crippen molar-refractivity contribution in [2.45, 2.75) is 39.3 Å². The Labute approximate surface area is 153 Å². The highest BCUT2D eigenvalue weighted by molar-refractivity contribution is 5.85. The van der Waals surface area contributed by atoms with Gasteiger partial charge in [0.1, 0.15) is 0 Å². The Morgan fingerprint density at radius 2 is 2.08 bits per heavy atom. The van der Waals surface area contributed by atoms with Crippen LogP contribution in [0.1, 0.15) is 25.3 Å². The van der Waals surface area contributed by atoms with E-state index in [0.29, 0.717) is 0 Å². The summed E-state index contributed by atoms with van der Waals surface area (Å²) < 4.78 is 1.94. The van der Waals surface area contributed by atoms with Crippen LogP contribution in [-0.2, 0) is 11.4 Å². The molecule has 5 nitrogen and oxygen atoms in total. The van der Waals surface area contributed by atoms with Gasteiger partial charge in [-0.1, -0.05) is 30.3 Å². The first-order valence-electron chi connectivity index (χ1n) is 8.99. The molecule has 0 bridgehead atoms. The van der Waals surface area contributed by atoms with Crippen LogP contribution in [0, 0.1) is 6.92 Å². The van der Waals surface area contributed by atoms with Crippen molar-refractivity contribution in [2.75, 3.05) is 0 Å². The first-order chi connectivity index (χ1) is 12.7. The molecule has 1 aromatic carbocycles. The third-order valence-electron chi connectivity index (χ3n) is 4.72. The Morgan fingerprint density at radius 3 is 2.88 bits per heavy atom. The second kappa shape index (κ2) is 7.12. The van der Waals surface area contributed by atoms with Gasteiger partial charge in [-0.2, -0.15) is 5.10 Å². The Morgan fingerprint density at radius 1 is 1.19 bits per heavy atom. The van der Waals surface area contributed by atoms with Gasteiger partial charge in [0.05, 0.1) is 18.0 Å². The number of benzene rings is 1. The normalized spacial score (nSPS) is 16.4. The van der Waals surface area contributed by atoms with Crippen molar-refractivity contribution in [3.05, 3.63) is 60.6 Å². The third-order valence-corrected chi connectivity index (χ3v) is 4.72. The van der Waals surface area contributed by atoms with Gasteiger partial charge in [0.25, 0.3) is 0 Å². The molecule has 0 spiro atoms. The lowest BCUT2D eigenvalue weighted by atomic mass is 10.00. The summed E-state index contributed by atoms with van der Waals surface area (Å²) in [7, 11) is 0. The van der Waals surface area contributed by atoms with Crippen molar-refractivity contribution in [1.29, 1.82) is 0 Å². The maximum absolute atomic E-state index is 5.49. The third kappa shape index (κ3) is 3.38. The van der Waals surface area contributed by atoms with Crippen LogP contribution in [0.4, 0.5) is 0 Å². The van der Waals surface area contributed by atoms with Crippen molar-refractivity contribution >= 4 is 5.71 Å². The molecular weight excluding hydrogens is 324 g/mol. The lowest BCUT2D eigenvalue weighted by molar-refractivity contribution is 0.0698. The van der Waals surface area contributed by atoms with E-state index in [9.17, 15) is 0 Å². The van der Waals surface area contributed by atoms with Crippen molar-refractivity contribution < 1.29 is 4.84 Å². The molecule has 26 heavy (non-hydrogen) atoms. The fourth-order valence-electron chi connectivity index (χ4n) is 3.26.